The molecule has 9 heteroatoms. The van der Waals surface area contributed by atoms with E-state index in [2.05, 4.69) is 44.0 Å². The van der Waals surface area contributed by atoms with Gasteiger partial charge in [0.15, 0.2) is 0 Å². The molecule has 2 aromatic carbocycles. The number of amides is 2. The summed E-state index contributed by atoms with van der Waals surface area (Å²) < 4.78 is 11.7. The van der Waals surface area contributed by atoms with E-state index in [0.717, 1.165) is 31.6 Å². The summed E-state index contributed by atoms with van der Waals surface area (Å²) in [4.78, 5) is 30.5. The third kappa shape index (κ3) is 6.03. The molecule has 2 aliphatic heterocycles. The summed E-state index contributed by atoms with van der Waals surface area (Å²) in [5, 5.41) is 22.3. The molecule has 2 N–H and O–H groups in total. The Balaban J connectivity index is 1.16. The van der Waals surface area contributed by atoms with Crippen LogP contribution in [0.1, 0.15) is 69.3 Å². The minimum atomic E-state index is -0.337. The topological polar surface area (TPSA) is 115 Å². The number of benzene rings is 2. The largest absolute Gasteiger partial charge is 0.495 e. The van der Waals surface area contributed by atoms with Gasteiger partial charge >= 0.3 is 0 Å². The van der Waals surface area contributed by atoms with Gasteiger partial charge in [0.25, 0.3) is 5.91 Å². The van der Waals surface area contributed by atoms with E-state index in [1.165, 1.54) is 7.11 Å². The smallest absolute Gasteiger partial charge is 0.251 e. The van der Waals surface area contributed by atoms with E-state index in [0.29, 0.717) is 48.6 Å². The van der Waals surface area contributed by atoms with Crippen molar-refractivity contribution in [3.05, 3.63) is 53.6 Å². The molecule has 2 saturated heterocycles. The number of likely N-dealkylation sites (tertiary alicyclic amines) is 1. The lowest BCUT2D eigenvalue weighted by molar-refractivity contribution is -0.164. The molecule has 3 aliphatic rings. The second kappa shape index (κ2) is 12.1. The van der Waals surface area contributed by atoms with E-state index in [-0.39, 0.29) is 46.8 Å². The van der Waals surface area contributed by atoms with Gasteiger partial charge in [-0.15, -0.1) is 0 Å². The highest BCUT2D eigenvalue weighted by molar-refractivity contribution is 5.95. The zero-order valence-corrected chi connectivity index (χ0v) is 25.9. The predicted octanol–water partition coefficient (Wildman–Crippen LogP) is 4.38. The molecular weight excluding hydrogens is 544 g/mol. The number of nitrogens with one attached hydrogen (secondary N) is 1. The molecular formula is C34H44N4O5. The predicted molar refractivity (Wildman–Crippen MR) is 164 cm³/mol. The Kier molecular flexibility index (Phi) is 8.62. The number of nitrogens with zero attached hydrogens (tertiary/aromatic N) is 3. The first-order valence-electron chi connectivity index (χ1n) is 15.3. The number of hydrogen-bond donors (Lipinski definition) is 2. The van der Waals surface area contributed by atoms with Crippen LogP contribution < -0.4 is 19.7 Å². The van der Waals surface area contributed by atoms with Crippen LogP contribution in [-0.2, 0) is 4.79 Å². The van der Waals surface area contributed by atoms with Crippen molar-refractivity contribution in [2.75, 3.05) is 38.2 Å². The van der Waals surface area contributed by atoms with Crippen molar-refractivity contribution in [1.82, 2.24) is 10.2 Å². The molecule has 3 fully saturated rings. The van der Waals surface area contributed by atoms with E-state index >= 15 is 0 Å². The van der Waals surface area contributed by atoms with E-state index in [9.17, 15) is 20.0 Å². The number of methoxy groups -OCH3 is 1. The minimum absolute atomic E-state index is 0.0393. The molecule has 1 saturated carbocycles. The first kappa shape index (κ1) is 30.7. The van der Waals surface area contributed by atoms with Crippen LogP contribution in [0.2, 0.25) is 0 Å². The van der Waals surface area contributed by atoms with Crippen LogP contribution >= 0.6 is 0 Å². The van der Waals surface area contributed by atoms with Crippen LogP contribution in [0.25, 0.3) is 0 Å². The Morgan fingerprint density at radius 1 is 0.953 bits per heavy atom. The standard InChI is InChI=1S/C34H44N4O5/c1-33(2)31(34(3,4)32(33)43-27-11-8-24(21-35)28(20-27)42-5)36-29(40)22-6-9-25(10-7-22)37-16-12-23(13-17-37)30(41)38-18-14-26(39)15-19-38/h6-11,20,23,26,31-32,39H,12-19H2,1-5H3,(H,36,40). The average molecular weight is 589 g/mol. The maximum absolute atomic E-state index is 13.3. The fourth-order valence-corrected chi connectivity index (χ4v) is 7.54. The summed E-state index contributed by atoms with van der Waals surface area (Å²) in [6, 6.07) is 14.9. The molecule has 9 nitrogen and oxygen atoms in total. The van der Waals surface area contributed by atoms with Crippen molar-refractivity contribution in [1.29, 1.82) is 5.26 Å². The molecule has 2 heterocycles. The number of carbonyl (C=O) groups is 2. The third-order valence-electron chi connectivity index (χ3n) is 9.78. The molecule has 0 atom stereocenters. The maximum Gasteiger partial charge on any atom is 0.251 e. The van der Waals surface area contributed by atoms with Crippen molar-refractivity contribution in [3.8, 4) is 17.6 Å². The Labute approximate surface area is 254 Å². The van der Waals surface area contributed by atoms with Gasteiger partial charge in [0, 0.05) is 66.3 Å². The minimum Gasteiger partial charge on any atom is -0.495 e. The summed E-state index contributed by atoms with van der Waals surface area (Å²) in [5.41, 5.74) is 1.44. The molecule has 0 radical (unpaired) electrons. The zero-order chi connectivity index (χ0) is 30.9. The highest BCUT2D eigenvalue weighted by Crippen LogP contribution is 2.55. The maximum atomic E-state index is 13.3. The first-order valence-corrected chi connectivity index (χ1v) is 15.3. The Morgan fingerprint density at radius 3 is 2.16 bits per heavy atom. The highest BCUT2D eigenvalue weighted by Gasteiger charge is 2.64. The summed E-state index contributed by atoms with van der Waals surface area (Å²) in [5.74, 6) is 1.25. The molecule has 2 aromatic rings. The molecule has 0 bridgehead atoms. The summed E-state index contributed by atoms with van der Waals surface area (Å²) in [6.07, 6.45) is 2.51. The van der Waals surface area contributed by atoms with Crippen LogP contribution in [0.4, 0.5) is 5.69 Å². The fourth-order valence-electron chi connectivity index (χ4n) is 7.54. The van der Waals surface area contributed by atoms with Crippen LogP contribution in [0, 0.1) is 28.1 Å². The van der Waals surface area contributed by atoms with Crippen molar-refractivity contribution in [3.63, 3.8) is 0 Å². The molecule has 0 aromatic heterocycles. The van der Waals surface area contributed by atoms with E-state index in [1.54, 1.807) is 18.2 Å². The van der Waals surface area contributed by atoms with Gasteiger partial charge in [-0.1, -0.05) is 27.7 Å². The SMILES string of the molecule is COc1cc(OC2C(C)(C)C(NC(=O)c3ccc(N4CCC(C(=O)N5CCC(O)CC5)CC4)cc3)C2(C)C)ccc1C#N. The monoisotopic (exact) mass is 588 g/mol. The Hall–Kier alpha value is -3.77. The van der Waals surface area contributed by atoms with Gasteiger partial charge in [-0.2, -0.15) is 5.26 Å². The van der Waals surface area contributed by atoms with Crippen molar-refractivity contribution < 1.29 is 24.2 Å². The Morgan fingerprint density at radius 2 is 1.58 bits per heavy atom. The number of hydrogen-bond acceptors (Lipinski definition) is 7. The lowest BCUT2D eigenvalue weighted by Crippen LogP contribution is -2.74. The summed E-state index contributed by atoms with van der Waals surface area (Å²) >= 11 is 0. The summed E-state index contributed by atoms with van der Waals surface area (Å²) in [7, 11) is 1.53. The summed E-state index contributed by atoms with van der Waals surface area (Å²) in [6.45, 7) is 11.3. The third-order valence-corrected chi connectivity index (χ3v) is 9.78. The average Bonchev–Trinajstić information content (AvgIpc) is 3.02. The molecule has 5 rings (SSSR count). The van der Waals surface area contributed by atoms with Gasteiger partial charge in [-0.05, 0) is 62.1 Å². The lowest BCUT2D eigenvalue weighted by atomic mass is 9.49. The number of aliphatic hydroxyl groups is 1. The van der Waals surface area contributed by atoms with Gasteiger partial charge < -0.3 is 29.7 Å². The number of rotatable bonds is 7. The number of ether oxygens (including phenoxy) is 2. The van der Waals surface area contributed by atoms with Crippen LogP contribution in [-0.4, -0.2) is 73.4 Å². The quantitative estimate of drug-likeness (QED) is 0.493. The normalized spacial score (nSPS) is 23.6. The van der Waals surface area contributed by atoms with Crippen molar-refractivity contribution >= 4 is 17.5 Å². The molecule has 2 amide bonds. The van der Waals surface area contributed by atoms with E-state index in [4.69, 9.17) is 9.47 Å². The van der Waals surface area contributed by atoms with Crippen LogP contribution in [0.3, 0.4) is 0 Å². The van der Waals surface area contributed by atoms with Crippen molar-refractivity contribution in [2.45, 2.75) is 71.6 Å². The van der Waals surface area contributed by atoms with Gasteiger partial charge in [0.05, 0.1) is 18.8 Å². The second-order valence-corrected chi connectivity index (χ2v) is 13.4. The van der Waals surface area contributed by atoms with Crippen molar-refractivity contribution in [2.24, 2.45) is 16.7 Å². The van der Waals surface area contributed by atoms with Gasteiger partial charge in [0.2, 0.25) is 5.91 Å². The molecule has 0 unspecified atom stereocenters. The second-order valence-electron chi connectivity index (χ2n) is 13.4. The molecule has 230 valence electrons. The van der Waals surface area contributed by atoms with Gasteiger partial charge in [-0.3, -0.25) is 9.59 Å². The van der Waals surface area contributed by atoms with Crippen LogP contribution in [0.5, 0.6) is 11.5 Å². The van der Waals surface area contributed by atoms with Crippen LogP contribution in [0.15, 0.2) is 42.5 Å². The van der Waals surface area contributed by atoms with E-state index < -0.39 is 0 Å². The molecule has 43 heavy (non-hydrogen) atoms. The first-order chi connectivity index (χ1) is 20.4. The lowest BCUT2D eigenvalue weighted by Gasteiger charge is -2.63. The van der Waals surface area contributed by atoms with Gasteiger partial charge in [0.1, 0.15) is 23.7 Å². The highest BCUT2D eigenvalue weighted by atomic mass is 16.5. The number of carbonyl (C=O) groups excluding carboxylic acids is 2. The number of aliphatic hydroxyl groups excluding tert-OH is 1. The number of nitriles is 1. The zero-order valence-electron chi connectivity index (χ0n) is 25.9. The molecule has 0 spiro atoms. The number of piperidine rings is 2. The fraction of sp³-hybridized carbons (Fsp3) is 0.559. The Bertz CT molecular complexity index is 1350. The number of anilines is 1. The molecule has 1 aliphatic carbocycles. The van der Waals surface area contributed by atoms with Gasteiger partial charge in [-0.25, -0.2) is 0 Å². The van der Waals surface area contributed by atoms with E-state index in [1.807, 2.05) is 29.2 Å².